The molecule has 47 heavy (non-hydrogen) atoms. The van der Waals surface area contributed by atoms with Crippen LogP contribution in [0.1, 0.15) is 32.3 Å². The Morgan fingerprint density at radius 2 is 1.72 bits per heavy atom. The largest absolute Gasteiger partial charge is 0.480 e. The van der Waals surface area contributed by atoms with E-state index >= 15 is 0 Å². The van der Waals surface area contributed by atoms with Gasteiger partial charge in [-0.15, -0.1) is 0 Å². The van der Waals surface area contributed by atoms with Crippen LogP contribution in [0.25, 0.3) is 11.1 Å². The molecule has 3 atom stereocenters. The third-order valence-electron chi connectivity index (χ3n) is 8.38. The van der Waals surface area contributed by atoms with Crippen LogP contribution in [0.4, 0.5) is 11.6 Å². The standard InChI is InChI=1S/C31H29Cl2N7O6S/c1-18(28(42)43)37-27(41)25-4-3-9-38(25)47(45,46)26-16-36-30-39(24-11-22(32)10-23(33)12-24)29(44)31(2,40(26)30)13-19-5-7-20(8-6-19)21-14-34-17-35-15-21/h5-8,10-12,14-18,25H,3-4,9,13H2,1-2H3,(H,37,41)(H,42,43). The number of anilines is 2. The maximum Gasteiger partial charge on any atom is 0.325 e. The molecule has 244 valence electrons. The van der Waals surface area contributed by atoms with Gasteiger partial charge >= 0.3 is 5.97 Å². The topological polar surface area (TPSA) is 168 Å². The van der Waals surface area contributed by atoms with E-state index in [-0.39, 0.29) is 40.4 Å². The quantitative estimate of drug-likeness (QED) is 0.262. The molecule has 13 nitrogen and oxygen atoms in total. The minimum absolute atomic E-state index is 0.0192. The summed E-state index contributed by atoms with van der Waals surface area (Å²) in [6.07, 6.45) is 6.61. The average molecular weight is 699 g/mol. The number of rotatable bonds is 9. The van der Waals surface area contributed by atoms with E-state index in [0.29, 0.717) is 12.1 Å². The number of halogens is 2. The lowest BCUT2D eigenvalue weighted by molar-refractivity contribution is -0.141. The second-order valence-corrected chi connectivity index (χ2v) is 14.3. The molecule has 2 aliphatic rings. The highest BCUT2D eigenvalue weighted by Gasteiger charge is 2.53. The SMILES string of the molecule is CC(NC(=O)C1CCCN1S(=O)(=O)c1cnc2n1C(C)(Cc1ccc(-c3cncnc3)cc1)C(=O)N2c1cc(Cl)cc(Cl)c1)C(=O)O. The van der Waals surface area contributed by atoms with Crippen LogP contribution in [0.5, 0.6) is 0 Å². The molecule has 0 bridgehead atoms. The molecule has 4 heterocycles. The molecule has 1 saturated heterocycles. The molecular weight excluding hydrogens is 669 g/mol. The van der Waals surface area contributed by atoms with E-state index in [0.717, 1.165) is 21.0 Å². The molecule has 6 rings (SSSR count). The highest BCUT2D eigenvalue weighted by atomic mass is 35.5. The number of nitrogens with zero attached hydrogens (tertiary/aromatic N) is 6. The molecule has 0 aliphatic carbocycles. The Labute approximate surface area is 280 Å². The predicted molar refractivity (Wildman–Crippen MR) is 173 cm³/mol. The zero-order valence-electron chi connectivity index (χ0n) is 25.2. The van der Waals surface area contributed by atoms with Crippen molar-refractivity contribution in [1.82, 2.24) is 29.1 Å². The monoisotopic (exact) mass is 697 g/mol. The molecule has 2 aromatic carbocycles. The number of carboxylic acids is 1. The molecule has 4 aromatic rings. The van der Waals surface area contributed by atoms with Crippen molar-refractivity contribution >= 4 is 62.6 Å². The summed E-state index contributed by atoms with van der Waals surface area (Å²) < 4.78 is 31.2. The average Bonchev–Trinajstić information content (AvgIpc) is 3.75. The molecular formula is C31H29Cl2N7O6S. The van der Waals surface area contributed by atoms with Gasteiger partial charge < -0.3 is 10.4 Å². The van der Waals surface area contributed by atoms with Gasteiger partial charge in [-0.25, -0.2) is 28.3 Å². The Balaban J connectivity index is 1.43. The number of hydrogen-bond acceptors (Lipinski definition) is 8. The summed E-state index contributed by atoms with van der Waals surface area (Å²) in [6.45, 7) is 2.95. The van der Waals surface area contributed by atoms with Crippen LogP contribution in [-0.4, -0.2) is 73.8 Å². The Morgan fingerprint density at radius 1 is 1.06 bits per heavy atom. The van der Waals surface area contributed by atoms with Gasteiger partial charge in [0.05, 0.1) is 11.9 Å². The first-order valence-electron chi connectivity index (χ1n) is 14.6. The Kier molecular flexibility index (Phi) is 8.55. The summed E-state index contributed by atoms with van der Waals surface area (Å²) in [7, 11) is -4.44. The maximum atomic E-state index is 14.5. The molecule has 2 N–H and O–H groups in total. The highest BCUT2D eigenvalue weighted by Crippen LogP contribution is 2.45. The number of imidazole rings is 1. The highest BCUT2D eigenvalue weighted by molar-refractivity contribution is 7.89. The van der Waals surface area contributed by atoms with E-state index in [1.165, 1.54) is 47.1 Å². The van der Waals surface area contributed by atoms with Crippen molar-refractivity contribution in [2.45, 2.75) is 55.8 Å². The number of carboxylic acid groups (broad SMARTS) is 1. The number of carbonyl (C=O) groups is 3. The molecule has 2 aliphatic heterocycles. The number of aliphatic carboxylic acids is 1. The third kappa shape index (κ3) is 5.86. The van der Waals surface area contributed by atoms with Gasteiger partial charge in [0.2, 0.25) is 11.9 Å². The van der Waals surface area contributed by atoms with Crippen LogP contribution in [-0.2, 0) is 36.4 Å². The first-order valence-corrected chi connectivity index (χ1v) is 16.8. The fourth-order valence-corrected chi connectivity index (χ4v) is 8.42. The Bertz CT molecular complexity index is 1970. The molecule has 2 aromatic heterocycles. The number of hydrogen-bond donors (Lipinski definition) is 2. The summed E-state index contributed by atoms with van der Waals surface area (Å²) >= 11 is 12.6. The summed E-state index contributed by atoms with van der Waals surface area (Å²) in [6, 6.07) is 9.63. The van der Waals surface area contributed by atoms with Crippen molar-refractivity contribution in [3.63, 3.8) is 0 Å². The summed E-state index contributed by atoms with van der Waals surface area (Å²) in [4.78, 5) is 52.7. The van der Waals surface area contributed by atoms with Crippen molar-refractivity contribution < 1.29 is 27.9 Å². The second-order valence-electron chi connectivity index (χ2n) is 11.6. The number of amides is 2. The van der Waals surface area contributed by atoms with Crippen molar-refractivity contribution in [2.75, 3.05) is 11.4 Å². The minimum atomic E-state index is -4.44. The van der Waals surface area contributed by atoms with Gasteiger partial charge in [-0.3, -0.25) is 19.0 Å². The fourth-order valence-electron chi connectivity index (χ4n) is 6.06. The molecule has 0 spiro atoms. The Hall–Kier alpha value is -4.37. The second kappa shape index (κ2) is 12.3. The zero-order valence-corrected chi connectivity index (χ0v) is 27.5. The normalized spacial score (nSPS) is 20.3. The number of aromatic nitrogens is 4. The molecule has 1 fully saturated rings. The van der Waals surface area contributed by atoms with Gasteiger partial charge in [0, 0.05) is 41.0 Å². The molecule has 16 heteroatoms. The minimum Gasteiger partial charge on any atom is -0.480 e. The van der Waals surface area contributed by atoms with Crippen molar-refractivity contribution in [3.8, 4) is 11.1 Å². The van der Waals surface area contributed by atoms with Gasteiger partial charge in [0.15, 0.2) is 5.03 Å². The lowest BCUT2D eigenvalue weighted by Gasteiger charge is -2.29. The first kappa shape index (κ1) is 32.6. The van der Waals surface area contributed by atoms with Crippen molar-refractivity contribution in [3.05, 3.63) is 83.0 Å². The van der Waals surface area contributed by atoms with Crippen LogP contribution in [0, 0.1) is 0 Å². The third-order valence-corrected chi connectivity index (χ3v) is 10.7. The van der Waals surface area contributed by atoms with Crippen molar-refractivity contribution in [2.24, 2.45) is 0 Å². The van der Waals surface area contributed by atoms with Gasteiger partial charge in [-0.2, -0.15) is 4.31 Å². The number of nitrogens with one attached hydrogen (secondary N) is 1. The maximum absolute atomic E-state index is 14.5. The van der Waals surface area contributed by atoms with Crippen LogP contribution >= 0.6 is 23.2 Å². The van der Waals surface area contributed by atoms with E-state index in [4.69, 9.17) is 23.2 Å². The predicted octanol–water partition coefficient (Wildman–Crippen LogP) is 4.03. The van der Waals surface area contributed by atoms with E-state index in [1.807, 2.05) is 24.3 Å². The lowest BCUT2D eigenvalue weighted by Crippen LogP contribution is -2.50. The number of benzene rings is 2. The van der Waals surface area contributed by atoms with Crippen molar-refractivity contribution in [1.29, 1.82) is 0 Å². The van der Waals surface area contributed by atoms with E-state index in [1.54, 1.807) is 19.3 Å². The van der Waals surface area contributed by atoms with Crippen LogP contribution < -0.4 is 10.2 Å². The number of carbonyl (C=O) groups excluding carboxylic acids is 2. The molecule has 0 saturated carbocycles. The van der Waals surface area contributed by atoms with Gasteiger partial charge in [0.1, 0.15) is 23.9 Å². The summed E-state index contributed by atoms with van der Waals surface area (Å²) in [5.41, 5.74) is 1.19. The van der Waals surface area contributed by atoms with Crippen LogP contribution in [0.3, 0.4) is 0 Å². The Morgan fingerprint density at radius 3 is 2.36 bits per heavy atom. The van der Waals surface area contributed by atoms with Gasteiger partial charge in [-0.05, 0) is 56.0 Å². The van der Waals surface area contributed by atoms with Crippen LogP contribution in [0.2, 0.25) is 10.0 Å². The van der Waals surface area contributed by atoms with Crippen LogP contribution in [0.15, 0.2) is 72.4 Å². The van der Waals surface area contributed by atoms with E-state index in [2.05, 4.69) is 20.3 Å². The number of fused-ring (bicyclic) bond motifs is 1. The fraction of sp³-hybridized carbons (Fsp3) is 0.290. The van der Waals surface area contributed by atoms with E-state index in [9.17, 15) is 27.9 Å². The number of sulfonamides is 1. The zero-order chi connectivity index (χ0) is 33.7. The van der Waals surface area contributed by atoms with Gasteiger partial charge in [-0.1, -0.05) is 47.5 Å². The molecule has 3 unspecified atom stereocenters. The smallest absolute Gasteiger partial charge is 0.325 e. The van der Waals surface area contributed by atoms with Gasteiger partial charge in [0.25, 0.3) is 15.9 Å². The molecule has 2 amide bonds. The molecule has 0 radical (unpaired) electrons. The van der Waals surface area contributed by atoms with E-state index < -0.39 is 45.4 Å². The lowest BCUT2D eigenvalue weighted by atomic mass is 9.91. The summed E-state index contributed by atoms with van der Waals surface area (Å²) in [5, 5.41) is 11.9. The summed E-state index contributed by atoms with van der Waals surface area (Å²) in [5.74, 6) is -2.41. The first-order chi connectivity index (χ1) is 22.3.